The fourth-order valence-electron chi connectivity index (χ4n) is 2.38. The molecule has 2 atom stereocenters. The molecule has 0 aromatic carbocycles. The largest absolute Gasteiger partial charge is 0.346 e. The van der Waals surface area contributed by atoms with Crippen LogP contribution in [0.5, 0.6) is 0 Å². The van der Waals surface area contributed by atoms with E-state index in [4.69, 9.17) is 0 Å². The zero-order chi connectivity index (χ0) is 14.5. The van der Waals surface area contributed by atoms with E-state index >= 15 is 0 Å². The minimum Gasteiger partial charge on any atom is -0.346 e. The fraction of sp³-hybridized carbons (Fsp3) is 0.688. The van der Waals surface area contributed by atoms with E-state index in [0.29, 0.717) is 5.92 Å². The van der Waals surface area contributed by atoms with Crippen LogP contribution in [0.25, 0.3) is 0 Å². The molecule has 1 saturated carbocycles. The molecule has 1 aliphatic carbocycles. The van der Waals surface area contributed by atoms with E-state index in [1.54, 1.807) is 6.20 Å². The molecule has 0 radical (unpaired) electrons. The number of rotatable bonds is 7. The summed E-state index contributed by atoms with van der Waals surface area (Å²) in [5.74, 6) is 1.49. The molecule has 20 heavy (non-hydrogen) atoms. The first-order valence-electron chi connectivity index (χ1n) is 7.71. The highest BCUT2D eigenvalue weighted by molar-refractivity contribution is 5.78. The third-order valence-corrected chi connectivity index (χ3v) is 3.92. The standard InChI is InChI=1S/C16H25N3O/c1-4-5-6-11(2)16(20)19-14(13-7-8-13)15-17-10-9-12(3)18-15/h9-11,13-14H,4-8H2,1-3H3,(H,19,20)/t11-,14-/m0/s1. The Balaban J connectivity index is 2.01. The van der Waals surface area contributed by atoms with Gasteiger partial charge in [-0.3, -0.25) is 4.79 Å². The number of hydrogen-bond donors (Lipinski definition) is 1. The summed E-state index contributed by atoms with van der Waals surface area (Å²) < 4.78 is 0. The number of nitrogens with one attached hydrogen (secondary N) is 1. The molecule has 1 aromatic rings. The van der Waals surface area contributed by atoms with Crippen LogP contribution >= 0.6 is 0 Å². The molecule has 0 bridgehead atoms. The maximum Gasteiger partial charge on any atom is 0.223 e. The van der Waals surface area contributed by atoms with Gasteiger partial charge in [0.25, 0.3) is 0 Å². The maximum absolute atomic E-state index is 12.3. The molecule has 1 aliphatic rings. The van der Waals surface area contributed by atoms with E-state index in [0.717, 1.165) is 43.6 Å². The van der Waals surface area contributed by atoms with Crippen molar-refractivity contribution in [3.63, 3.8) is 0 Å². The van der Waals surface area contributed by atoms with Gasteiger partial charge in [0.05, 0.1) is 6.04 Å². The molecule has 0 unspecified atom stereocenters. The predicted octanol–water partition coefficient (Wildman–Crippen LogP) is 3.18. The van der Waals surface area contributed by atoms with Crippen molar-refractivity contribution in [1.82, 2.24) is 15.3 Å². The number of amides is 1. The molecule has 0 aliphatic heterocycles. The molecule has 4 nitrogen and oxygen atoms in total. The molecular formula is C16H25N3O. The van der Waals surface area contributed by atoms with Crippen molar-refractivity contribution >= 4 is 5.91 Å². The van der Waals surface area contributed by atoms with Gasteiger partial charge in [0, 0.05) is 17.8 Å². The fourth-order valence-corrected chi connectivity index (χ4v) is 2.38. The Hall–Kier alpha value is -1.45. The highest BCUT2D eigenvalue weighted by Gasteiger charge is 2.35. The van der Waals surface area contributed by atoms with Crippen molar-refractivity contribution in [3.05, 3.63) is 23.8 Å². The number of carbonyl (C=O) groups excluding carboxylic acids is 1. The summed E-state index contributed by atoms with van der Waals surface area (Å²) in [5, 5.41) is 3.17. The van der Waals surface area contributed by atoms with Crippen LogP contribution in [0.15, 0.2) is 12.3 Å². The monoisotopic (exact) mass is 275 g/mol. The predicted molar refractivity (Wildman–Crippen MR) is 79.1 cm³/mol. The Kier molecular flexibility index (Phi) is 5.10. The lowest BCUT2D eigenvalue weighted by atomic mass is 10.0. The van der Waals surface area contributed by atoms with Crippen LogP contribution in [0.3, 0.4) is 0 Å². The number of unbranched alkanes of at least 4 members (excludes halogenated alkanes) is 1. The number of aryl methyl sites for hydroxylation is 1. The summed E-state index contributed by atoms with van der Waals surface area (Å²) in [5.41, 5.74) is 0.953. The number of carbonyl (C=O) groups is 1. The molecule has 1 amide bonds. The molecule has 2 rings (SSSR count). The number of nitrogens with zero attached hydrogens (tertiary/aromatic N) is 2. The van der Waals surface area contributed by atoms with Gasteiger partial charge >= 0.3 is 0 Å². The van der Waals surface area contributed by atoms with Crippen LogP contribution in [-0.2, 0) is 4.79 Å². The molecule has 0 saturated heterocycles. The second-order valence-corrected chi connectivity index (χ2v) is 5.92. The molecule has 0 spiro atoms. The van der Waals surface area contributed by atoms with E-state index in [9.17, 15) is 4.79 Å². The number of hydrogen-bond acceptors (Lipinski definition) is 3. The Bertz CT molecular complexity index is 457. The van der Waals surface area contributed by atoms with Crippen LogP contribution in [-0.4, -0.2) is 15.9 Å². The Labute approximate surface area is 121 Å². The molecule has 1 fully saturated rings. The summed E-state index contributed by atoms with van der Waals surface area (Å²) >= 11 is 0. The van der Waals surface area contributed by atoms with Crippen LogP contribution in [0.4, 0.5) is 0 Å². The van der Waals surface area contributed by atoms with Crippen LogP contribution < -0.4 is 5.32 Å². The van der Waals surface area contributed by atoms with Gasteiger partial charge in [-0.2, -0.15) is 0 Å². The van der Waals surface area contributed by atoms with E-state index in [1.807, 2.05) is 19.9 Å². The third kappa shape index (κ3) is 4.02. The number of aromatic nitrogens is 2. The Morgan fingerprint density at radius 1 is 1.50 bits per heavy atom. The van der Waals surface area contributed by atoms with Crippen molar-refractivity contribution in [1.29, 1.82) is 0 Å². The lowest BCUT2D eigenvalue weighted by Gasteiger charge is -2.20. The quantitative estimate of drug-likeness (QED) is 0.831. The van der Waals surface area contributed by atoms with Crippen molar-refractivity contribution in [2.45, 2.75) is 58.9 Å². The van der Waals surface area contributed by atoms with Gasteiger partial charge in [-0.05, 0) is 38.2 Å². The van der Waals surface area contributed by atoms with Gasteiger partial charge in [0.15, 0.2) is 5.82 Å². The first-order chi connectivity index (χ1) is 9.61. The SMILES string of the molecule is CCCC[C@H](C)C(=O)N[C@H](c1nccc(C)n1)C1CC1. The summed E-state index contributed by atoms with van der Waals surface area (Å²) in [6.45, 7) is 6.12. The first kappa shape index (κ1) is 14.9. The average molecular weight is 275 g/mol. The van der Waals surface area contributed by atoms with Gasteiger partial charge < -0.3 is 5.32 Å². The highest BCUT2D eigenvalue weighted by Crippen LogP contribution is 2.40. The summed E-state index contributed by atoms with van der Waals surface area (Å²) in [6, 6.07) is 1.88. The highest BCUT2D eigenvalue weighted by atomic mass is 16.1. The molecule has 4 heteroatoms. The molecule has 110 valence electrons. The van der Waals surface area contributed by atoms with Gasteiger partial charge in [-0.25, -0.2) is 9.97 Å². The molecule has 1 N–H and O–H groups in total. The lowest BCUT2D eigenvalue weighted by Crippen LogP contribution is -2.35. The zero-order valence-corrected chi connectivity index (χ0v) is 12.7. The third-order valence-electron chi connectivity index (χ3n) is 3.92. The van der Waals surface area contributed by atoms with Crippen molar-refractivity contribution < 1.29 is 4.79 Å². The summed E-state index contributed by atoms with van der Waals surface area (Å²) in [4.78, 5) is 21.1. The summed E-state index contributed by atoms with van der Waals surface area (Å²) in [6.07, 6.45) is 7.28. The van der Waals surface area contributed by atoms with E-state index in [2.05, 4.69) is 22.2 Å². The van der Waals surface area contributed by atoms with Crippen molar-refractivity contribution in [2.75, 3.05) is 0 Å². The summed E-state index contributed by atoms with van der Waals surface area (Å²) in [7, 11) is 0. The van der Waals surface area contributed by atoms with E-state index < -0.39 is 0 Å². The average Bonchev–Trinajstić information content (AvgIpc) is 3.26. The molecule has 1 aromatic heterocycles. The normalized spacial score (nSPS) is 17.6. The minimum atomic E-state index is -0.00789. The van der Waals surface area contributed by atoms with Crippen molar-refractivity contribution in [2.24, 2.45) is 11.8 Å². The van der Waals surface area contributed by atoms with Crippen LogP contribution in [0, 0.1) is 18.8 Å². The Morgan fingerprint density at radius 3 is 2.85 bits per heavy atom. The topological polar surface area (TPSA) is 54.9 Å². The van der Waals surface area contributed by atoms with Gasteiger partial charge in [0.2, 0.25) is 5.91 Å². The second-order valence-electron chi connectivity index (χ2n) is 5.92. The molecule has 1 heterocycles. The first-order valence-corrected chi connectivity index (χ1v) is 7.71. The Morgan fingerprint density at radius 2 is 2.25 bits per heavy atom. The van der Waals surface area contributed by atoms with Crippen LogP contribution in [0.1, 0.15) is 63.5 Å². The maximum atomic E-state index is 12.3. The van der Waals surface area contributed by atoms with Crippen molar-refractivity contribution in [3.8, 4) is 0 Å². The second kappa shape index (κ2) is 6.82. The van der Waals surface area contributed by atoms with E-state index in [1.165, 1.54) is 0 Å². The smallest absolute Gasteiger partial charge is 0.223 e. The van der Waals surface area contributed by atoms with Crippen LogP contribution in [0.2, 0.25) is 0 Å². The van der Waals surface area contributed by atoms with Gasteiger partial charge in [0.1, 0.15) is 0 Å². The zero-order valence-electron chi connectivity index (χ0n) is 12.7. The minimum absolute atomic E-state index is 0.00789. The van der Waals surface area contributed by atoms with E-state index in [-0.39, 0.29) is 17.9 Å². The lowest BCUT2D eigenvalue weighted by molar-refractivity contribution is -0.125. The van der Waals surface area contributed by atoms with Gasteiger partial charge in [-0.1, -0.05) is 26.7 Å². The van der Waals surface area contributed by atoms with Gasteiger partial charge in [-0.15, -0.1) is 0 Å². The molecular weight excluding hydrogens is 250 g/mol.